The van der Waals surface area contributed by atoms with Crippen LogP contribution in [0.2, 0.25) is 0 Å². The molecule has 1 rings (SSSR count). The van der Waals surface area contributed by atoms with Gasteiger partial charge in [0.25, 0.3) is 0 Å². The van der Waals surface area contributed by atoms with Crippen LogP contribution in [0, 0.1) is 0 Å². The normalized spacial score (nSPS) is 31.4. The molecule has 0 aliphatic carbocycles. The van der Waals surface area contributed by atoms with Crippen LogP contribution in [0.25, 0.3) is 0 Å². The second-order valence-electron chi connectivity index (χ2n) is 4.15. The zero-order chi connectivity index (χ0) is 14.4. The zero-order valence-electron chi connectivity index (χ0n) is 11.3. The van der Waals surface area contributed by atoms with E-state index in [1.54, 1.807) is 24.3 Å². The van der Waals surface area contributed by atoms with E-state index < -0.39 is 30.4 Å². The number of aliphatic hydroxyl groups excluding tert-OH is 2. The Morgan fingerprint density at radius 1 is 1.37 bits per heavy atom. The van der Waals surface area contributed by atoms with Gasteiger partial charge in [0.2, 0.25) is 0 Å². The molecule has 1 aliphatic rings. The standard InChI is InChI=1S/C14H20O5/c1-4-6-11-9(8-10(15)14(17)18-3)13(16)12(19-11)7-5-2/h4-8,10-13,15-16H,1-3H3. The lowest BCUT2D eigenvalue weighted by molar-refractivity contribution is -0.147. The van der Waals surface area contributed by atoms with Gasteiger partial charge in [0.1, 0.15) is 18.3 Å². The van der Waals surface area contributed by atoms with Crippen molar-refractivity contribution in [3.63, 3.8) is 0 Å². The molecule has 1 aliphatic heterocycles. The van der Waals surface area contributed by atoms with Crippen LogP contribution in [0.3, 0.4) is 0 Å². The Balaban J connectivity index is 2.99. The minimum atomic E-state index is -1.41. The van der Waals surface area contributed by atoms with Crippen LogP contribution in [-0.4, -0.2) is 47.7 Å². The van der Waals surface area contributed by atoms with Crippen molar-refractivity contribution in [3.05, 3.63) is 36.0 Å². The van der Waals surface area contributed by atoms with E-state index in [4.69, 9.17) is 4.74 Å². The van der Waals surface area contributed by atoms with Gasteiger partial charge in [-0.1, -0.05) is 24.3 Å². The predicted octanol–water partition coefficient (Wildman–Crippen LogP) is 0.727. The van der Waals surface area contributed by atoms with Gasteiger partial charge in [0, 0.05) is 0 Å². The summed E-state index contributed by atoms with van der Waals surface area (Å²) in [6, 6.07) is 0. The first-order chi connectivity index (χ1) is 9.04. The minimum absolute atomic E-state index is 0.458. The summed E-state index contributed by atoms with van der Waals surface area (Å²) in [4.78, 5) is 11.2. The lowest BCUT2D eigenvalue weighted by Crippen LogP contribution is -2.24. The average molecular weight is 268 g/mol. The van der Waals surface area contributed by atoms with E-state index in [0.717, 1.165) is 0 Å². The number of esters is 1. The lowest BCUT2D eigenvalue weighted by atomic mass is 10.0. The van der Waals surface area contributed by atoms with Crippen LogP contribution in [-0.2, 0) is 14.3 Å². The summed E-state index contributed by atoms with van der Waals surface area (Å²) in [5, 5.41) is 19.8. The van der Waals surface area contributed by atoms with Crippen molar-refractivity contribution < 1.29 is 24.5 Å². The van der Waals surface area contributed by atoms with Crippen LogP contribution in [0.15, 0.2) is 36.0 Å². The van der Waals surface area contributed by atoms with E-state index in [9.17, 15) is 15.0 Å². The highest BCUT2D eigenvalue weighted by Gasteiger charge is 2.36. The van der Waals surface area contributed by atoms with Crippen LogP contribution < -0.4 is 0 Å². The third-order valence-electron chi connectivity index (χ3n) is 2.83. The van der Waals surface area contributed by atoms with Gasteiger partial charge in [0.05, 0.1) is 7.11 Å². The summed E-state index contributed by atoms with van der Waals surface area (Å²) < 4.78 is 10.1. The van der Waals surface area contributed by atoms with E-state index in [-0.39, 0.29) is 0 Å². The van der Waals surface area contributed by atoms with Crippen molar-refractivity contribution in [2.24, 2.45) is 0 Å². The van der Waals surface area contributed by atoms with Gasteiger partial charge in [0.15, 0.2) is 6.10 Å². The fraction of sp³-hybridized carbons (Fsp3) is 0.500. The maximum Gasteiger partial charge on any atom is 0.338 e. The number of carbonyl (C=O) groups excluding carboxylic acids is 1. The Hall–Kier alpha value is -1.43. The van der Waals surface area contributed by atoms with Crippen LogP contribution in [0.4, 0.5) is 0 Å². The predicted molar refractivity (Wildman–Crippen MR) is 70.4 cm³/mol. The summed E-state index contributed by atoms with van der Waals surface area (Å²) in [5.41, 5.74) is 0.458. The molecule has 5 heteroatoms. The highest BCUT2D eigenvalue weighted by molar-refractivity contribution is 5.76. The van der Waals surface area contributed by atoms with E-state index in [1.165, 1.54) is 13.2 Å². The summed E-state index contributed by atoms with van der Waals surface area (Å²) >= 11 is 0. The maximum atomic E-state index is 11.2. The van der Waals surface area contributed by atoms with Gasteiger partial charge in [-0.2, -0.15) is 0 Å². The fourth-order valence-corrected chi connectivity index (χ4v) is 1.92. The molecule has 4 unspecified atom stereocenters. The van der Waals surface area contributed by atoms with Crippen molar-refractivity contribution in [3.8, 4) is 0 Å². The highest BCUT2D eigenvalue weighted by Crippen LogP contribution is 2.28. The second kappa shape index (κ2) is 7.23. The van der Waals surface area contributed by atoms with Crippen LogP contribution >= 0.6 is 0 Å². The number of allylic oxidation sites excluding steroid dienone is 2. The number of methoxy groups -OCH3 is 1. The molecule has 19 heavy (non-hydrogen) atoms. The highest BCUT2D eigenvalue weighted by atomic mass is 16.5. The quantitative estimate of drug-likeness (QED) is 0.580. The molecular weight excluding hydrogens is 248 g/mol. The summed E-state index contributed by atoms with van der Waals surface area (Å²) in [7, 11) is 1.19. The van der Waals surface area contributed by atoms with Crippen molar-refractivity contribution in [2.75, 3.05) is 7.11 Å². The number of rotatable bonds is 4. The molecular formula is C14H20O5. The molecule has 0 aromatic carbocycles. The van der Waals surface area contributed by atoms with Gasteiger partial charge in [-0.3, -0.25) is 0 Å². The van der Waals surface area contributed by atoms with E-state index in [1.807, 2.05) is 13.8 Å². The number of aliphatic hydroxyl groups is 2. The Morgan fingerprint density at radius 3 is 2.53 bits per heavy atom. The average Bonchev–Trinajstić information content (AvgIpc) is 2.67. The smallest absolute Gasteiger partial charge is 0.338 e. The maximum absolute atomic E-state index is 11.2. The molecule has 0 saturated carbocycles. The first-order valence-electron chi connectivity index (χ1n) is 6.11. The topological polar surface area (TPSA) is 76.0 Å². The van der Waals surface area contributed by atoms with E-state index >= 15 is 0 Å². The summed E-state index contributed by atoms with van der Waals surface area (Å²) in [6.07, 6.45) is 5.09. The molecule has 1 saturated heterocycles. The fourth-order valence-electron chi connectivity index (χ4n) is 1.92. The van der Waals surface area contributed by atoms with E-state index in [2.05, 4.69) is 4.74 Å². The second-order valence-corrected chi connectivity index (χ2v) is 4.15. The number of carbonyl (C=O) groups is 1. The Bertz CT molecular complexity index is 397. The molecule has 0 spiro atoms. The molecule has 1 heterocycles. The van der Waals surface area contributed by atoms with Gasteiger partial charge < -0.3 is 19.7 Å². The minimum Gasteiger partial charge on any atom is -0.467 e. The number of hydrogen-bond acceptors (Lipinski definition) is 5. The molecule has 106 valence electrons. The third kappa shape index (κ3) is 3.76. The number of hydrogen-bond donors (Lipinski definition) is 2. The first-order valence-corrected chi connectivity index (χ1v) is 6.11. The Kier molecular flexibility index (Phi) is 5.95. The van der Waals surface area contributed by atoms with E-state index in [0.29, 0.717) is 5.57 Å². The molecule has 0 radical (unpaired) electrons. The molecule has 4 atom stereocenters. The van der Waals surface area contributed by atoms with Gasteiger partial charge in [-0.15, -0.1) is 0 Å². The van der Waals surface area contributed by atoms with Crippen LogP contribution in [0.5, 0.6) is 0 Å². The number of ether oxygens (including phenoxy) is 2. The largest absolute Gasteiger partial charge is 0.467 e. The Morgan fingerprint density at radius 2 is 2.00 bits per heavy atom. The van der Waals surface area contributed by atoms with Gasteiger partial charge in [-0.25, -0.2) is 4.79 Å². The Labute approximate surface area is 112 Å². The lowest BCUT2D eigenvalue weighted by Gasteiger charge is -2.10. The van der Waals surface area contributed by atoms with Crippen LogP contribution in [0.1, 0.15) is 13.8 Å². The third-order valence-corrected chi connectivity index (χ3v) is 2.83. The SMILES string of the molecule is CC=CC1OC(C=CC)C(O)C1=CC(O)C(=O)OC. The molecule has 1 fully saturated rings. The van der Waals surface area contributed by atoms with Crippen molar-refractivity contribution >= 4 is 5.97 Å². The molecule has 0 aromatic rings. The van der Waals surface area contributed by atoms with Crippen molar-refractivity contribution in [1.29, 1.82) is 0 Å². The molecule has 0 amide bonds. The van der Waals surface area contributed by atoms with Crippen molar-refractivity contribution in [1.82, 2.24) is 0 Å². The first kappa shape index (κ1) is 15.6. The van der Waals surface area contributed by atoms with Gasteiger partial charge >= 0.3 is 5.97 Å². The molecule has 2 N–H and O–H groups in total. The summed E-state index contributed by atoms with van der Waals surface area (Å²) in [6.45, 7) is 3.65. The molecule has 5 nitrogen and oxygen atoms in total. The van der Waals surface area contributed by atoms with Gasteiger partial charge in [-0.05, 0) is 25.5 Å². The molecule has 0 aromatic heterocycles. The molecule has 0 bridgehead atoms. The zero-order valence-corrected chi connectivity index (χ0v) is 11.3. The van der Waals surface area contributed by atoms with Crippen molar-refractivity contribution in [2.45, 2.75) is 38.3 Å². The monoisotopic (exact) mass is 268 g/mol. The summed E-state index contributed by atoms with van der Waals surface area (Å²) in [5.74, 6) is -0.770.